The van der Waals surface area contributed by atoms with Gasteiger partial charge in [-0.15, -0.1) is 0 Å². The van der Waals surface area contributed by atoms with E-state index >= 15 is 0 Å². The first-order chi connectivity index (χ1) is 8.15. The van der Waals surface area contributed by atoms with Crippen molar-refractivity contribution in [3.05, 3.63) is 22.4 Å². The third-order valence-electron chi connectivity index (χ3n) is 3.04. The van der Waals surface area contributed by atoms with E-state index < -0.39 is 5.97 Å². The highest BCUT2D eigenvalue weighted by Gasteiger charge is 2.27. The second-order valence-corrected chi connectivity index (χ2v) is 5.18. The molecule has 2 heterocycles. The van der Waals surface area contributed by atoms with Gasteiger partial charge in [0.2, 0.25) is 5.91 Å². The number of amides is 1. The number of nitrogens with zero attached hydrogens (tertiary/aromatic N) is 1. The van der Waals surface area contributed by atoms with Crippen LogP contribution in [-0.2, 0) is 16.0 Å². The van der Waals surface area contributed by atoms with Crippen LogP contribution < -0.4 is 0 Å². The normalized spacial score (nSPS) is 19.5. The van der Waals surface area contributed by atoms with Crippen molar-refractivity contribution in [1.29, 1.82) is 0 Å². The fourth-order valence-corrected chi connectivity index (χ4v) is 2.82. The van der Waals surface area contributed by atoms with Gasteiger partial charge in [-0.05, 0) is 34.7 Å². The third-order valence-corrected chi connectivity index (χ3v) is 3.77. The van der Waals surface area contributed by atoms with Crippen LogP contribution in [0, 0.1) is 5.92 Å². The second kappa shape index (κ2) is 5.31. The molecule has 1 unspecified atom stereocenters. The van der Waals surface area contributed by atoms with Gasteiger partial charge in [-0.1, -0.05) is 0 Å². The Kier molecular flexibility index (Phi) is 3.78. The molecule has 2 rings (SSSR count). The maximum absolute atomic E-state index is 11.9. The molecule has 1 aliphatic heterocycles. The molecule has 1 aromatic heterocycles. The van der Waals surface area contributed by atoms with Crippen LogP contribution in [-0.4, -0.2) is 35.0 Å². The molecule has 1 aromatic rings. The predicted octanol–water partition coefficient (Wildman–Crippen LogP) is 1.61. The zero-order chi connectivity index (χ0) is 12.3. The lowest BCUT2D eigenvalue weighted by Gasteiger charge is -2.15. The Morgan fingerprint density at radius 3 is 3.00 bits per heavy atom. The summed E-state index contributed by atoms with van der Waals surface area (Å²) in [6, 6.07) is 1.95. The van der Waals surface area contributed by atoms with Crippen molar-refractivity contribution in [2.45, 2.75) is 19.3 Å². The SMILES string of the molecule is O=C(O)CC1CCN(C(=O)Cc2ccsc2)C1. The summed E-state index contributed by atoms with van der Waals surface area (Å²) < 4.78 is 0. The van der Waals surface area contributed by atoms with Gasteiger partial charge in [-0.25, -0.2) is 0 Å². The van der Waals surface area contributed by atoms with Crippen LogP contribution >= 0.6 is 11.3 Å². The molecule has 0 radical (unpaired) electrons. The van der Waals surface area contributed by atoms with Gasteiger partial charge in [-0.3, -0.25) is 9.59 Å². The molecule has 1 amide bonds. The monoisotopic (exact) mass is 253 g/mol. The van der Waals surface area contributed by atoms with Crippen LogP contribution in [0.2, 0.25) is 0 Å². The molecular weight excluding hydrogens is 238 g/mol. The van der Waals surface area contributed by atoms with Crippen LogP contribution in [0.25, 0.3) is 0 Å². The molecule has 1 aliphatic rings. The standard InChI is InChI=1S/C12H15NO3S/c14-11(5-10-2-4-17-8-10)13-3-1-9(7-13)6-12(15)16/h2,4,8-9H,1,3,5-7H2,(H,15,16). The minimum absolute atomic E-state index is 0.108. The average Bonchev–Trinajstić information content (AvgIpc) is 2.87. The van der Waals surface area contributed by atoms with E-state index in [1.54, 1.807) is 16.2 Å². The molecule has 17 heavy (non-hydrogen) atoms. The summed E-state index contributed by atoms with van der Waals surface area (Å²) in [4.78, 5) is 24.3. The minimum atomic E-state index is -0.776. The molecule has 5 heteroatoms. The van der Waals surface area contributed by atoms with Crippen LogP contribution in [0.3, 0.4) is 0 Å². The lowest BCUT2D eigenvalue weighted by atomic mass is 10.1. The quantitative estimate of drug-likeness (QED) is 0.887. The van der Waals surface area contributed by atoms with Gasteiger partial charge >= 0.3 is 5.97 Å². The lowest BCUT2D eigenvalue weighted by Crippen LogP contribution is -2.30. The van der Waals surface area contributed by atoms with E-state index in [2.05, 4.69) is 0 Å². The first kappa shape index (κ1) is 12.1. The van der Waals surface area contributed by atoms with Crippen molar-refractivity contribution in [3.63, 3.8) is 0 Å². The Hall–Kier alpha value is -1.36. The number of likely N-dealkylation sites (tertiary alicyclic amines) is 1. The summed E-state index contributed by atoms with van der Waals surface area (Å²) in [5.74, 6) is -0.544. The molecule has 0 aliphatic carbocycles. The number of carbonyl (C=O) groups is 2. The Balaban J connectivity index is 1.83. The second-order valence-electron chi connectivity index (χ2n) is 4.40. The van der Waals surface area contributed by atoms with Crippen molar-refractivity contribution in [1.82, 2.24) is 4.90 Å². The number of rotatable bonds is 4. The van der Waals surface area contributed by atoms with Crippen molar-refractivity contribution in [3.8, 4) is 0 Å². The Bertz CT molecular complexity index is 402. The van der Waals surface area contributed by atoms with E-state index in [0.717, 1.165) is 12.0 Å². The van der Waals surface area contributed by atoms with Crippen molar-refractivity contribution < 1.29 is 14.7 Å². The highest BCUT2D eigenvalue weighted by molar-refractivity contribution is 7.07. The van der Waals surface area contributed by atoms with Crippen molar-refractivity contribution in [2.75, 3.05) is 13.1 Å². The lowest BCUT2D eigenvalue weighted by molar-refractivity contribution is -0.138. The minimum Gasteiger partial charge on any atom is -0.481 e. The van der Waals surface area contributed by atoms with Gasteiger partial charge in [0.25, 0.3) is 0 Å². The maximum Gasteiger partial charge on any atom is 0.303 e. The zero-order valence-corrected chi connectivity index (χ0v) is 10.3. The van der Waals surface area contributed by atoms with E-state index in [4.69, 9.17) is 5.11 Å². The van der Waals surface area contributed by atoms with Gasteiger partial charge < -0.3 is 10.0 Å². The molecule has 1 fully saturated rings. The van der Waals surface area contributed by atoms with E-state index in [1.807, 2.05) is 16.8 Å². The molecule has 0 aromatic carbocycles. The number of carbonyl (C=O) groups excluding carboxylic acids is 1. The Morgan fingerprint density at radius 1 is 1.53 bits per heavy atom. The Morgan fingerprint density at radius 2 is 2.35 bits per heavy atom. The van der Waals surface area contributed by atoms with Gasteiger partial charge in [-0.2, -0.15) is 11.3 Å². The van der Waals surface area contributed by atoms with Gasteiger partial charge in [0.05, 0.1) is 6.42 Å². The number of carboxylic acid groups (broad SMARTS) is 1. The molecule has 0 spiro atoms. The van der Waals surface area contributed by atoms with Gasteiger partial charge in [0.1, 0.15) is 0 Å². The highest BCUT2D eigenvalue weighted by atomic mass is 32.1. The van der Waals surface area contributed by atoms with E-state index in [-0.39, 0.29) is 18.2 Å². The number of aliphatic carboxylic acids is 1. The molecule has 0 bridgehead atoms. The fourth-order valence-electron chi connectivity index (χ4n) is 2.15. The first-order valence-corrected chi connectivity index (χ1v) is 6.60. The average molecular weight is 253 g/mol. The number of thiophene rings is 1. The molecule has 1 saturated heterocycles. The molecule has 92 valence electrons. The molecule has 1 N–H and O–H groups in total. The van der Waals surface area contributed by atoms with E-state index in [0.29, 0.717) is 19.5 Å². The van der Waals surface area contributed by atoms with Crippen molar-refractivity contribution in [2.24, 2.45) is 5.92 Å². The van der Waals surface area contributed by atoms with Crippen LogP contribution in [0.4, 0.5) is 0 Å². The van der Waals surface area contributed by atoms with E-state index in [1.165, 1.54) is 0 Å². The summed E-state index contributed by atoms with van der Waals surface area (Å²) in [5.41, 5.74) is 1.04. The van der Waals surface area contributed by atoms with Gasteiger partial charge in [0, 0.05) is 19.5 Å². The summed E-state index contributed by atoms with van der Waals surface area (Å²) in [5, 5.41) is 12.6. The maximum atomic E-state index is 11.9. The zero-order valence-electron chi connectivity index (χ0n) is 9.46. The fraction of sp³-hybridized carbons (Fsp3) is 0.500. The van der Waals surface area contributed by atoms with Crippen LogP contribution in [0.1, 0.15) is 18.4 Å². The highest BCUT2D eigenvalue weighted by Crippen LogP contribution is 2.20. The van der Waals surface area contributed by atoms with Crippen molar-refractivity contribution >= 4 is 23.2 Å². The predicted molar refractivity (Wildman–Crippen MR) is 65.0 cm³/mol. The summed E-state index contributed by atoms with van der Waals surface area (Å²) in [7, 11) is 0. The third kappa shape index (κ3) is 3.30. The number of hydrogen-bond donors (Lipinski definition) is 1. The van der Waals surface area contributed by atoms with Crippen LogP contribution in [0.15, 0.2) is 16.8 Å². The summed E-state index contributed by atoms with van der Waals surface area (Å²) in [6.07, 6.45) is 1.41. The topological polar surface area (TPSA) is 57.6 Å². The smallest absolute Gasteiger partial charge is 0.303 e. The Labute approximate surface area is 104 Å². The van der Waals surface area contributed by atoms with Gasteiger partial charge in [0.15, 0.2) is 0 Å². The van der Waals surface area contributed by atoms with Crippen LogP contribution in [0.5, 0.6) is 0 Å². The molecule has 0 saturated carbocycles. The van der Waals surface area contributed by atoms with E-state index in [9.17, 15) is 9.59 Å². The summed E-state index contributed by atoms with van der Waals surface area (Å²) in [6.45, 7) is 1.29. The molecule has 4 nitrogen and oxygen atoms in total. The largest absolute Gasteiger partial charge is 0.481 e. The number of carboxylic acids is 1. The molecule has 1 atom stereocenters. The number of hydrogen-bond acceptors (Lipinski definition) is 3. The molecular formula is C12H15NO3S. The first-order valence-electron chi connectivity index (χ1n) is 5.66. The summed E-state index contributed by atoms with van der Waals surface area (Å²) >= 11 is 1.58.